The third kappa shape index (κ3) is 3.33. The van der Waals surface area contributed by atoms with Crippen LogP contribution in [0, 0.1) is 4.64 Å². The van der Waals surface area contributed by atoms with Crippen LogP contribution in [0.5, 0.6) is 0 Å². The molecule has 0 fully saturated rings. The lowest BCUT2D eigenvalue weighted by Gasteiger charge is -1.98. The quantitative estimate of drug-likeness (QED) is 0.584. The summed E-state index contributed by atoms with van der Waals surface area (Å²) in [6.07, 6.45) is 1.99. The molecule has 1 rings (SSSR count). The van der Waals surface area contributed by atoms with Crippen molar-refractivity contribution in [2.75, 3.05) is 0 Å². The maximum absolute atomic E-state index is 5.01. The fraction of sp³-hybridized carbons (Fsp3) is 0.444. The highest BCUT2D eigenvalue weighted by molar-refractivity contribution is 7.71. The average Bonchev–Trinajstić information content (AvgIpc) is 2.09. The normalized spacial score (nSPS) is 8.27. The van der Waals surface area contributed by atoms with Crippen LogP contribution in [-0.4, -0.2) is 4.57 Å². The van der Waals surface area contributed by atoms with Crippen molar-refractivity contribution in [3.63, 3.8) is 0 Å². The highest BCUT2D eigenvalue weighted by atomic mass is 32.1. The van der Waals surface area contributed by atoms with Crippen LogP contribution in [0.3, 0.4) is 0 Å². The van der Waals surface area contributed by atoms with Crippen LogP contribution in [0.25, 0.3) is 0 Å². The number of aromatic nitrogens is 1. The molecule has 0 bridgehead atoms. The number of hydrogen-bond donors (Lipinski definition) is 0. The molecule has 0 aliphatic rings. The zero-order valence-corrected chi connectivity index (χ0v) is 8.19. The van der Waals surface area contributed by atoms with Gasteiger partial charge in [-0.05, 0) is 19.1 Å². The van der Waals surface area contributed by atoms with E-state index in [4.69, 9.17) is 12.2 Å². The minimum atomic E-state index is 0.903. The molecule has 0 saturated heterocycles. The zero-order chi connectivity index (χ0) is 8.69. The Labute approximate surface area is 73.7 Å². The van der Waals surface area contributed by atoms with Crippen LogP contribution in [-0.2, 0) is 6.54 Å². The van der Waals surface area contributed by atoms with E-state index in [2.05, 4.69) is 6.92 Å². The first-order chi connectivity index (χ1) is 5.34. The Bertz CT molecular complexity index is 239. The molecule has 62 valence electrons. The lowest BCUT2D eigenvalue weighted by Crippen LogP contribution is -1.93. The molecule has 0 amide bonds. The number of pyridine rings is 1. The van der Waals surface area contributed by atoms with E-state index in [1.807, 2.05) is 42.8 Å². The van der Waals surface area contributed by atoms with Crippen molar-refractivity contribution in [2.24, 2.45) is 0 Å². The Morgan fingerprint density at radius 2 is 2.00 bits per heavy atom. The van der Waals surface area contributed by atoms with E-state index >= 15 is 0 Å². The summed E-state index contributed by atoms with van der Waals surface area (Å²) in [6, 6.07) is 5.87. The van der Waals surface area contributed by atoms with Crippen LogP contribution in [0.2, 0.25) is 0 Å². The molecule has 0 aliphatic carbocycles. The maximum Gasteiger partial charge on any atom is 0.105 e. The van der Waals surface area contributed by atoms with E-state index in [9.17, 15) is 0 Å². The summed E-state index contributed by atoms with van der Waals surface area (Å²) in [7, 11) is 0. The molecule has 11 heavy (non-hydrogen) atoms. The molecule has 1 heterocycles. The average molecular weight is 169 g/mol. The van der Waals surface area contributed by atoms with Crippen LogP contribution in [0.15, 0.2) is 24.4 Å². The van der Waals surface area contributed by atoms with Crippen molar-refractivity contribution in [2.45, 2.75) is 27.3 Å². The molecule has 1 aromatic heterocycles. The SMILES string of the molecule is CC.CCn1ccccc1=S. The fourth-order valence-electron chi connectivity index (χ4n) is 0.722. The standard InChI is InChI=1S/C7H9NS.C2H6/c1-2-8-6-4-3-5-7(8)9;1-2/h3-6H,2H2,1H3;1-2H3. The van der Waals surface area contributed by atoms with Gasteiger partial charge in [-0.15, -0.1) is 0 Å². The molecule has 0 aliphatic heterocycles. The van der Waals surface area contributed by atoms with E-state index in [-0.39, 0.29) is 0 Å². The molecule has 0 saturated carbocycles. The van der Waals surface area contributed by atoms with Gasteiger partial charge in [-0.1, -0.05) is 32.1 Å². The second-order valence-electron chi connectivity index (χ2n) is 1.82. The van der Waals surface area contributed by atoms with Crippen LogP contribution in [0.1, 0.15) is 20.8 Å². The largest absolute Gasteiger partial charge is 0.340 e. The first-order valence-electron chi connectivity index (χ1n) is 4.00. The Morgan fingerprint density at radius 1 is 1.36 bits per heavy atom. The molecular weight excluding hydrogens is 154 g/mol. The van der Waals surface area contributed by atoms with Gasteiger partial charge in [0, 0.05) is 12.7 Å². The summed E-state index contributed by atoms with van der Waals surface area (Å²) in [5.74, 6) is 0. The highest BCUT2D eigenvalue weighted by Gasteiger charge is 1.81. The lowest BCUT2D eigenvalue weighted by atomic mass is 10.5. The predicted molar refractivity (Wildman–Crippen MR) is 52.3 cm³/mol. The molecule has 0 N–H and O–H groups in total. The Morgan fingerprint density at radius 3 is 2.36 bits per heavy atom. The van der Waals surface area contributed by atoms with Crippen molar-refractivity contribution in [1.29, 1.82) is 0 Å². The molecule has 2 heteroatoms. The van der Waals surface area contributed by atoms with Gasteiger partial charge in [0.05, 0.1) is 0 Å². The van der Waals surface area contributed by atoms with E-state index in [1.165, 1.54) is 0 Å². The molecule has 0 aromatic carbocycles. The number of rotatable bonds is 1. The van der Waals surface area contributed by atoms with Gasteiger partial charge >= 0.3 is 0 Å². The number of nitrogens with zero attached hydrogens (tertiary/aromatic N) is 1. The van der Waals surface area contributed by atoms with E-state index in [1.54, 1.807) is 0 Å². The van der Waals surface area contributed by atoms with Gasteiger partial charge in [0.25, 0.3) is 0 Å². The Kier molecular flexibility index (Phi) is 5.75. The topological polar surface area (TPSA) is 4.93 Å². The first kappa shape index (κ1) is 10.4. The van der Waals surface area contributed by atoms with Crippen molar-refractivity contribution in [1.82, 2.24) is 4.57 Å². The van der Waals surface area contributed by atoms with Crippen molar-refractivity contribution >= 4 is 12.2 Å². The molecule has 0 spiro atoms. The van der Waals surface area contributed by atoms with Gasteiger partial charge < -0.3 is 4.57 Å². The number of hydrogen-bond acceptors (Lipinski definition) is 1. The summed E-state index contributed by atoms with van der Waals surface area (Å²) in [4.78, 5) is 0. The van der Waals surface area contributed by atoms with Gasteiger partial charge in [0.15, 0.2) is 0 Å². The molecule has 1 nitrogen and oxygen atoms in total. The third-order valence-electron chi connectivity index (χ3n) is 1.24. The minimum absolute atomic E-state index is 0.903. The summed E-state index contributed by atoms with van der Waals surface area (Å²) in [6.45, 7) is 7.04. The molecule has 0 atom stereocenters. The third-order valence-corrected chi connectivity index (χ3v) is 1.61. The van der Waals surface area contributed by atoms with E-state index < -0.39 is 0 Å². The van der Waals surface area contributed by atoms with Crippen molar-refractivity contribution < 1.29 is 0 Å². The van der Waals surface area contributed by atoms with Crippen molar-refractivity contribution in [3.8, 4) is 0 Å². The summed E-state index contributed by atoms with van der Waals surface area (Å²) < 4.78 is 2.93. The van der Waals surface area contributed by atoms with Gasteiger partial charge in [-0.25, -0.2) is 0 Å². The van der Waals surface area contributed by atoms with Gasteiger partial charge in [0.1, 0.15) is 4.64 Å². The van der Waals surface area contributed by atoms with E-state index in [0.29, 0.717) is 0 Å². The second kappa shape index (κ2) is 6.10. The van der Waals surface area contributed by atoms with Crippen molar-refractivity contribution in [3.05, 3.63) is 29.0 Å². The lowest BCUT2D eigenvalue weighted by molar-refractivity contribution is 0.745. The van der Waals surface area contributed by atoms with Crippen LogP contribution < -0.4 is 0 Å². The van der Waals surface area contributed by atoms with E-state index in [0.717, 1.165) is 11.2 Å². The molecular formula is C9H15NS. The Hall–Kier alpha value is -0.630. The highest BCUT2D eigenvalue weighted by Crippen LogP contribution is 1.91. The van der Waals surface area contributed by atoms with Crippen LogP contribution in [0.4, 0.5) is 0 Å². The smallest absolute Gasteiger partial charge is 0.105 e. The van der Waals surface area contributed by atoms with Gasteiger partial charge in [-0.2, -0.15) is 0 Å². The van der Waals surface area contributed by atoms with Crippen LogP contribution >= 0.6 is 12.2 Å². The summed E-state index contributed by atoms with van der Waals surface area (Å²) in [5.41, 5.74) is 0. The summed E-state index contributed by atoms with van der Waals surface area (Å²) in [5, 5.41) is 0. The zero-order valence-electron chi connectivity index (χ0n) is 7.37. The monoisotopic (exact) mass is 169 g/mol. The molecule has 0 radical (unpaired) electrons. The van der Waals surface area contributed by atoms with Gasteiger partial charge in [-0.3, -0.25) is 0 Å². The molecule has 0 unspecified atom stereocenters. The first-order valence-corrected chi connectivity index (χ1v) is 4.41. The van der Waals surface area contributed by atoms with Gasteiger partial charge in [0.2, 0.25) is 0 Å². The molecule has 1 aromatic rings. The maximum atomic E-state index is 5.01. The Balaban J connectivity index is 0.000000461. The predicted octanol–water partition coefficient (Wildman–Crippen LogP) is 3.26. The minimum Gasteiger partial charge on any atom is -0.340 e. The fourth-order valence-corrected chi connectivity index (χ4v) is 0.990. The summed E-state index contributed by atoms with van der Waals surface area (Å²) >= 11 is 5.01. The second-order valence-corrected chi connectivity index (χ2v) is 2.24. The number of aryl methyl sites for hydroxylation is 1.